The zero-order valence-corrected chi connectivity index (χ0v) is 13.6. The summed E-state index contributed by atoms with van der Waals surface area (Å²) in [6, 6.07) is 4.57. The third kappa shape index (κ3) is 4.15. The number of rotatable bonds is 7. The van der Waals surface area contributed by atoms with E-state index in [0.717, 1.165) is 0 Å². The lowest BCUT2D eigenvalue weighted by molar-refractivity contribution is -0.386. The van der Waals surface area contributed by atoms with Crippen molar-refractivity contribution in [3.8, 4) is 5.75 Å². The van der Waals surface area contributed by atoms with Crippen molar-refractivity contribution in [2.75, 3.05) is 20.8 Å². The summed E-state index contributed by atoms with van der Waals surface area (Å²) in [4.78, 5) is 22.1. The number of para-hydroxylation sites is 1. The van der Waals surface area contributed by atoms with Crippen LogP contribution in [0.1, 0.15) is 13.3 Å². The number of nitro groups is 1. The first kappa shape index (κ1) is 17.4. The third-order valence-corrected chi connectivity index (χ3v) is 3.80. The van der Waals surface area contributed by atoms with Gasteiger partial charge in [0.15, 0.2) is 0 Å². The average molecular weight is 361 g/mol. The first-order valence-electron chi connectivity index (χ1n) is 6.18. The zero-order valence-electron chi connectivity index (χ0n) is 12.0. The van der Waals surface area contributed by atoms with E-state index >= 15 is 0 Å². The maximum atomic E-state index is 11.7. The fourth-order valence-electron chi connectivity index (χ4n) is 1.70. The highest BCUT2D eigenvalue weighted by molar-refractivity contribution is 9.10. The predicted octanol–water partition coefficient (Wildman–Crippen LogP) is 2.28. The van der Waals surface area contributed by atoms with Crippen LogP contribution in [0.25, 0.3) is 0 Å². The first-order valence-corrected chi connectivity index (χ1v) is 6.98. The van der Waals surface area contributed by atoms with Crippen molar-refractivity contribution in [1.82, 2.24) is 5.32 Å². The van der Waals surface area contributed by atoms with E-state index in [1.165, 1.54) is 13.2 Å². The second kappa shape index (κ2) is 7.37. The largest absolute Gasteiger partial charge is 0.486 e. The molecule has 7 nitrogen and oxygen atoms in total. The quantitative estimate of drug-likeness (QED) is 0.455. The summed E-state index contributed by atoms with van der Waals surface area (Å²) in [5.41, 5.74) is -1.04. The molecule has 0 fully saturated rings. The number of esters is 1. The number of ether oxygens (including phenoxy) is 2. The van der Waals surface area contributed by atoms with Gasteiger partial charge in [0.05, 0.1) is 23.1 Å². The number of halogens is 1. The third-order valence-electron chi connectivity index (χ3n) is 3.18. The van der Waals surface area contributed by atoms with E-state index in [9.17, 15) is 14.9 Å². The smallest absolute Gasteiger partial charge is 0.325 e. The zero-order chi connectivity index (χ0) is 16.0. The van der Waals surface area contributed by atoms with Gasteiger partial charge in [-0.2, -0.15) is 0 Å². The summed E-state index contributed by atoms with van der Waals surface area (Å²) >= 11 is 3.22. The molecule has 1 rings (SSSR count). The fraction of sp³-hybridized carbons (Fsp3) is 0.462. The molecule has 0 amide bonds. The highest BCUT2D eigenvalue weighted by Gasteiger charge is 2.32. The van der Waals surface area contributed by atoms with Crippen molar-refractivity contribution in [3.63, 3.8) is 0 Å². The molecule has 0 aliphatic carbocycles. The summed E-state index contributed by atoms with van der Waals surface area (Å²) in [6.07, 6.45) is 0.300. The molecule has 0 bridgehead atoms. The van der Waals surface area contributed by atoms with Gasteiger partial charge in [0, 0.05) is 12.5 Å². The second-order valence-corrected chi connectivity index (χ2v) is 5.37. The SMILES string of the molecule is CNC(C)(CCOc1c(Br)cccc1[N+](=O)[O-])C(=O)OC. The van der Waals surface area contributed by atoms with Crippen LogP contribution >= 0.6 is 15.9 Å². The molecule has 0 spiro atoms. The molecule has 0 aliphatic rings. The molecular weight excluding hydrogens is 344 g/mol. The molecule has 0 heterocycles. The number of hydrogen-bond acceptors (Lipinski definition) is 6. The molecule has 0 aromatic heterocycles. The van der Waals surface area contributed by atoms with Crippen molar-refractivity contribution in [3.05, 3.63) is 32.8 Å². The van der Waals surface area contributed by atoms with E-state index in [1.54, 1.807) is 26.1 Å². The molecule has 0 aliphatic heterocycles. The van der Waals surface area contributed by atoms with Gasteiger partial charge in [0.25, 0.3) is 0 Å². The summed E-state index contributed by atoms with van der Waals surface area (Å²) in [5, 5.41) is 13.8. The highest BCUT2D eigenvalue weighted by atomic mass is 79.9. The van der Waals surface area contributed by atoms with Crippen LogP contribution in [0.5, 0.6) is 5.75 Å². The Balaban J connectivity index is 2.81. The summed E-state index contributed by atoms with van der Waals surface area (Å²) in [7, 11) is 2.94. The summed E-state index contributed by atoms with van der Waals surface area (Å²) in [5.74, 6) is -0.277. The Labute approximate surface area is 130 Å². The Morgan fingerprint density at radius 2 is 2.19 bits per heavy atom. The Morgan fingerprint density at radius 1 is 1.52 bits per heavy atom. The average Bonchev–Trinajstić information content (AvgIpc) is 2.47. The first-order chi connectivity index (χ1) is 9.85. The van der Waals surface area contributed by atoms with Gasteiger partial charge in [-0.3, -0.25) is 14.9 Å². The maximum Gasteiger partial charge on any atom is 0.325 e. The van der Waals surface area contributed by atoms with Crippen LogP contribution in [0.4, 0.5) is 5.69 Å². The number of likely N-dealkylation sites (N-methyl/N-ethyl adjacent to an activating group) is 1. The summed E-state index contributed by atoms with van der Waals surface area (Å²) < 4.78 is 10.7. The minimum absolute atomic E-state index is 0.121. The molecule has 1 N–H and O–H groups in total. The molecule has 1 aromatic rings. The Bertz CT molecular complexity index is 537. The molecule has 8 heteroatoms. The van der Waals surface area contributed by atoms with Gasteiger partial charge in [0.2, 0.25) is 5.75 Å². The molecule has 0 saturated carbocycles. The Morgan fingerprint density at radius 3 is 2.71 bits per heavy atom. The molecular formula is C13H17BrN2O5. The van der Waals surface area contributed by atoms with Gasteiger partial charge in [-0.05, 0) is 36.0 Å². The van der Waals surface area contributed by atoms with Crippen LogP contribution in [-0.2, 0) is 9.53 Å². The lowest BCUT2D eigenvalue weighted by atomic mass is 9.99. The lowest BCUT2D eigenvalue weighted by Gasteiger charge is -2.25. The predicted molar refractivity (Wildman–Crippen MR) is 80.4 cm³/mol. The normalized spacial score (nSPS) is 13.3. The number of carbonyl (C=O) groups is 1. The number of nitrogens with one attached hydrogen (secondary N) is 1. The van der Waals surface area contributed by atoms with Gasteiger partial charge >= 0.3 is 11.7 Å². The number of carbonyl (C=O) groups excluding carboxylic acids is 1. The number of hydrogen-bond donors (Lipinski definition) is 1. The number of nitro benzene ring substituents is 1. The van der Waals surface area contributed by atoms with Crippen LogP contribution in [-0.4, -0.2) is 37.2 Å². The topological polar surface area (TPSA) is 90.7 Å². The van der Waals surface area contributed by atoms with Crippen LogP contribution < -0.4 is 10.1 Å². The maximum absolute atomic E-state index is 11.7. The van der Waals surface area contributed by atoms with E-state index in [-0.39, 0.29) is 18.0 Å². The molecule has 0 radical (unpaired) electrons. The molecule has 21 heavy (non-hydrogen) atoms. The van der Waals surface area contributed by atoms with Crippen LogP contribution in [0, 0.1) is 10.1 Å². The van der Waals surface area contributed by atoms with E-state index in [2.05, 4.69) is 21.2 Å². The van der Waals surface area contributed by atoms with Gasteiger partial charge < -0.3 is 14.8 Å². The molecule has 1 aromatic carbocycles. The Kier molecular flexibility index (Phi) is 6.10. The standard InChI is InChI=1S/C13H17BrN2O5/c1-13(15-2,12(17)20-3)7-8-21-11-9(14)5-4-6-10(11)16(18)19/h4-6,15H,7-8H2,1-3H3. The van der Waals surface area contributed by atoms with Gasteiger partial charge in [0.1, 0.15) is 5.54 Å². The molecule has 116 valence electrons. The van der Waals surface area contributed by atoms with Crippen molar-refractivity contribution < 1.29 is 19.2 Å². The monoisotopic (exact) mass is 360 g/mol. The summed E-state index contributed by atoms with van der Waals surface area (Å²) in [6.45, 7) is 1.80. The van der Waals surface area contributed by atoms with Crippen LogP contribution in [0.2, 0.25) is 0 Å². The van der Waals surface area contributed by atoms with Crippen molar-refractivity contribution in [2.45, 2.75) is 18.9 Å². The van der Waals surface area contributed by atoms with Gasteiger partial charge in [-0.15, -0.1) is 0 Å². The minimum atomic E-state index is -0.912. The lowest BCUT2D eigenvalue weighted by Crippen LogP contribution is -2.49. The number of methoxy groups -OCH3 is 1. The van der Waals surface area contributed by atoms with Gasteiger partial charge in [-0.25, -0.2) is 0 Å². The molecule has 1 atom stereocenters. The van der Waals surface area contributed by atoms with Crippen molar-refractivity contribution >= 4 is 27.6 Å². The molecule has 0 saturated heterocycles. The minimum Gasteiger partial charge on any atom is -0.486 e. The van der Waals surface area contributed by atoms with Crippen LogP contribution in [0.15, 0.2) is 22.7 Å². The van der Waals surface area contributed by atoms with Crippen molar-refractivity contribution in [2.24, 2.45) is 0 Å². The van der Waals surface area contributed by atoms with Crippen molar-refractivity contribution in [1.29, 1.82) is 0 Å². The number of nitrogens with zero attached hydrogens (tertiary/aromatic N) is 1. The molecule has 1 unspecified atom stereocenters. The number of benzene rings is 1. The fourth-order valence-corrected chi connectivity index (χ4v) is 2.17. The van der Waals surface area contributed by atoms with Crippen LogP contribution in [0.3, 0.4) is 0 Å². The van der Waals surface area contributed by atoms with E-state index < -0.39 is 16.4 Å². The van der Waals surface area contributed by atoms with E-state index in [0.29, 0.717) is 10.9 Å². The van der Waals surface area contributed by atoms with E-state index in [1.807, 2.05) is 0 Å². The highest BCUT2D eigenvalue weighted by Crippen LogP contribution is 2.34. The van der Waals surface area contributed by atoms with E-state index in [4.69, 9.17) is 9.47 Å². The van der Waals surface area contributed by atoms with Gasteiger partial charge in [-0.1, -0.05) is 6.07 Å². The second-order valence-electron chi connectivity index (χ2n) is 4.52. The Hall–Kier alpha value is -1.67.